The third-order valence-corrected chi connectivity index (χ3v) is 2.36. The minimum atomic E-state index is 0.395. The largest absolute Gasteiger partial charge is 0.497 e. The van der Waals surface area contributed by atoms with Crippen molar-refractivity contribution in [3.8, 4) is 23.0 Å². The number of nitrogens with zero attached hydrogens (tertiary/aromatic N) is 2. The molecule has 0 unspecified atom stereocenters. The lowest BCUT2D eigenvalue weighted by atomic mass is 10.2. The predicted molar refractivity (Wildman–Crippen MR) is 60.5 cm³/mol. The van der Waals surface area contributed by atoms with Crippen molar-refractivity contribution in [2.45, 2.75) is 0 Å². The Hall–Kier alpha value is -1.56. The fraction of sp³-hybridized carbons (Fsp3) is 0.200. The first-order valence-electron chi connectivity index (χ1n) is 4.46. The molecule has 6 heteroatoms. The van der Waals surface area contributed by atoms with Gasteiger partial charge in [-0.15, -0.1) is 0 Å². The lowest BCUT2D eigenvalue weighted by Crippen LogP contribution is -1.90. The van der Waals surface area contributed by atoms with Gasteiger partial charge in [-0.2, -0.15) is 4.98 Å². The molecule has 0 spiro atoms. The Kier molecular flexibility index (Phi) is 3.09. The van der Waals surface area contributed by atoms with Crippen molar-refractivity contribution < 1.29 is 14.0 Å². The lowest BCUT2D eigenvalue weighted by Gasteiger charge is -2.06. The van der Waals surface area contributed by atoms with Crippen molar-refractivity contribution in [1.29, 1.82) is 0 Å². The third-order valence-electron chi connectivity index (χ3n) is 2.04. The van der Waals surface area contributed by atoms with Crippen molar-refractivity contribution in [3.05, 3.63) is 22.9 Å². The maximum atomic E-state index is 5.23. The summed E-state index contributed by atoms with van der Waals surface area (Å²) in [4.78, 5) is 4.06. The molecule has 5 nitrogen and oxygen atoms in total. The molecule has 2 aromatic rings. The van der Waals surface area contributed by atoms with Gasteiger partial charge in [0.1, 0.15) is 11.5 Å². The molecular formula is C10H9BrN2O3. The molecule has 0 saturated carbocycles. The molecule has 0 aliphatic carbocycles. The van der Waals surface area contributed by atoms with Crippen LogP contribution >= 0.6 is 15.9 Å². The van der Waals surface area contributed by atoms with Gasteiger partial charge < -0.3 is 14.0 Å². The van der Waals surface area contributed by atoms with Crippen LogP contribution in [0, 0.1) is 0 Å². The monoisotopic (exact) mass is 284 g/mol. The highest BCUT2D eigenvalue weighted by atomic mass is 79.9. The Morgan fingerprint density at radius 1 is 1.25 bits per heavy atom. The Balaban J connectivity index is 2.48. The van der Waals surface area contributed by atoms with Crippen LogP contribution in [0.1, 0.15) is 0 Å². The van der Waals surface area contributed by atoms with E-state index in [4.69, 9.17) is 14.0 Å². The van der Waals surface area contributed by atoms with Crippen molar-refractivity contribution in [1.82, 2.24) is 10.1 Å². The number of hydrogen-bond donors (Lipinski definition) is 0. The number of ether oxygens (including phenoxy) is 2. The highest BCUT2D eigenvalue weighted by Crippen LogP contribution is 2.32. The van der Waals surface area contributed by atoms with E-state index in [0.717, 1.165) is 5.56 Å². The van der Waals surface area contributed by atoms with Gasteiger partial charge in [0.05, 0.1) is 19.8 Å². The Morgan fingerprint density at radius 2 is 2.06 bits per heavy atom. The van der Waals surface area contributed by atoms with E-state index >= 15 is 0 Å². The summed E-state index contributed by atoms with van der Waals surface area (Å²) in [6.45, 7) is 0. The van der Waals surface area contributed by atoms with E-state index in [-0.39, 0.29) is 0 Å². The van der Waals surface area contributed by atoms with E-state index in [1.54, 1.807) is 32.4 Å². The smallest absolute Gasteiger partial charge is 0.262 e. The van der Waals surface area contributed by atoms with Crippen molar-refractivity contribution >= 4 is 15.9 Å². The predicted octanol–water partition coefficient (Wildman–Crippen LogP) is 2.52. The second kappa shape index (κ2) is 4.52. The topological polar surface area (TPSA) is 57.4 Å². The SMILES string of the molecule is COc1ccc(-c2nc(Br)no2)c(OC)c1. The number of aromatic nitrogens is 2. The summed E-state index contributed by atoms with van der Waals surface area (Å²) in [6.07, 6.45) is 0. The normalized spacial score (nSPS) is 10.2. The highest BCUT2D eigenvalue weighted by molar-refractivity contribution is 9.10. The summed E-state index contributed by atoms with van der Waals surface area (Å²) >= 11 is 3.12. The molecule has 0 saturated heterocycles. The Morgan fingerprint density at radius 3 is 2.62 bits per heavy atom. The first-order valence-corrected chi connectivity index (χ1v) is 5.25. The minimum Gasteiger partial charge on any atom is -0.497 e. The van der Waals surface area contributed by atoms with Gasteiger partial charge in [0.2, 0.25) is 4.73 Å². The molecule has 0 aliphatic heterocycles. The zero-order chi connectivity index (χ0) is 11.5. The summed E-state index contributed by atoms with van der Waals surface area (Å²) in [5.74, 6) is 1.72. The summed E-state index contributed by atoms with van der Waals surface area (Å²) in [6, 6.07) is 5.36. The molecule has 0 radical (unpaired) electrons. The van der Waals surface area contributed by atoms with Gasteiger partial charge in [-0.25, -0.2) is 0 Å². The molecule has 0 N–H and O–H groups in total. The van der Waals surface area contributed by atoms with Crippen LogP contribution in [0.4, 0.5) is 0 Å². The van der Waals surface area contributed by atoms with E-state index in [1.165, 1.54) is 0 Å². The number of benzene rings is 1. The minimum absolute atomic E-state index is 0.395. The van der Waals surface area contributed by atoms with Gasteiger partial charge >= 0.3 is 0 Å². The molecule has 0 fully saturated rings. The fourth-order valence-electron chi connectivity index (χ4n) is 1.29. The van der Waals surface area contributed by atoms with Crippen LogP contribution in [-0.4, -0.2) is 24.4 Å². The van der Waals surface area contributed by atoms with Gasteiger partial charge in [0.25, 0.3) is 5.89 Å². The third kappa shape index (κ3) is 2.01. The summed E-state index contributed by atoms with van der Waals surface area (Å²) in [5, 5.41) is 3.65. The lowest BCUT2D eigenvalue weighted by molar-refractivity contribution is 0.390. The average Bonchev–Trinajstić information content (AvgIpc) is 2.74. The zero-order valence-electron chi connectivity index (χ0n) is 8.73. The van der Waals surface area contributed by atoms with Crippen LogP contribution in [0.25, 0.3) is 11.5 Å². The molecule has 2 rings (SSSR count). The second-order valence-electron chi connectivity index (χ2n) is 2.93. The summed E-state index contributed by atoms with van der Waals surface area (Å²) < 4.78 is 15.8. The van der Waals surface area contributed by atoms with Gasteiger partial charge in [-0.3, -0.25) is 0 Å². The molecule has 16 heavy (non-hydrogen) atoms. The van der Waals surface area contributed by atoms with E-state index in [9.17, 15) is 0 Å². The molecule has 0 amide bonds. The Labute approximate surface area is 100 Å². The van der Waals surface area contributed by atoms with Crippen LogP contribution in [0.15, 0.2) is 27.5 Å². The molecule has 84 valence electrons. The van der Waals surface area contributed by atoms with Crippen molar-refractivity contribution in [2.75, 3.05) is 14.2 Å². The van der Waals surface area contributed by atoms with Crippen LogP contribution in [0.5, 0.6) is 11.5 Å². The molecule has 1 aromatic heterocycles. The molecule has 1 aromatic carbocycles. The van der Waals surface area contributed by atoms with Gasteiger partial charge in [-0.05, 0) is 33.2 Å². The second-order valence-corrected chi connectivity index (χ2v) is 3.64. The summed E-state index contributed by atoms with van der Waals surface area (Å²) in [7, 11) is 3.17. The molecular weight excluding hydrogens is 276 g/mol. The highest BCUT2D eigenvalue weighted by Gasteiger charge is 2.13. The van der Waals surface area contributed by atoms with Crippen LogP contribution in [0.2, 0.25) is 0 Å². The van der Waals surface area contributed by atoms with Crippen molar-refractivity contribution in [2.24, 2.45) is 0 Å². The molecule has 0 bridgehead atoms. The van der Waals surface area contributed by atoms with E-state index in [2.05, 4.69) is 26.1 Å². The maximum absolute atomic E-state index is 5.23. The number of hydrogen-bond acceptors (Lipinski definition) is 5. The van der Waals surface area contributed by atoms with E-state index in [1.807, 2.05) is 0 Å². The fourth-order valence-corrected chi connectivity index (χ4v) is 1.52. The average molecular weight is 285 g/mol. The van der Waals surface area contributed by atoms with Crippen molar-refractivity contribution in [3.63, 3.8) is 0 Å². The van der Waals surface area contributed by atoms with Gasteiger partial charge in [0.15, 0.2) is 0 Å². The van der Waals surface area contributed by atoms with Gasteiger partial charge in [-0.1, -0.05) is 0 Å². The van der Waals surface area contributed by atoms with Gasteiger partial charge in [0, 0.05) is 6.07 Å². The molecule has 0 aliphatic rings. The number of methoxy groups -OCH3 is 2. The maximum Gasteiger partial charge on any atom is 0.262 e. The molecule has 1 heterocycles. The van der Waals surface area contributed by atoms with E-state index < -0.39 is 0 Å². The van der Waals surface area contributed by atoms with Crippen LogP contribution < -0.4 is 9.47 Å². The van der Waals surface area contributed by atoms with E-state index in [0.29, 0.717) is 22.1 Å². The zero-order valence-corrected chi connectivity index (χ0v) is 10.3. The quantitative estimate of drug-likeness (QED) is 0.867. The standard InChI is InChI=1S/C10H9BrN2O3/c1-14-6-3-4-7(8(5-6)15-2)9-12-10(11)13-16-9/h3-5H,1-2H3. The van der Waals surface area contributed by atoms with Crippen LogP contribution in [0.3, 0.4) is 0 Å². The van der Waals surface area contributed by atoms with Crippen LogP contribution in [-0.2, 0) is 0 Å². The number of rotatable bonds is 3. The summed E-state index contributed by atoms with van der Waals surface area (Å²) in [5.41, 5.74) is 0.724. The number of halogens is 1. The molecule has 0 atom stereocenters. The first-order chi connectivity index (χ1) is 7.74. The first kappa shape index (κ1) is 10.9. The Bertz CT molecular complexity index is 499.